The first kappa shape index (κ1) is 10.5. The molecule has 0 amide bonds. The lowest BCUT2D eigenvalue weighted by Gasteiger charge is -2.25. The average molecular weight is 257 g/mol. The van der Waals surface area contributed by atoms with Crippen molar-refractivity contribution in [1.82, 2.24) is 0 Å². The minimum atomic E-state index is -3.29. The molecule has 0 spiro atoms. The van der Waals surface area contributed by atoms with Crippen molar-refractivity contribution < 1.29 is 12.6 Å². The molecule has 0 radical (unpaired) electrons. The first-order valence-corrected chi connectivity index (χ1v) is 6.74. The predicted molar refractivity (Wildman–Crippen MR) is 50.9 cm³/mol. The van der Waals surface area contributed by atoms with Gasteiger partial charge in [0.25, 0.3) is 10.1 Å². The van der Waals surface area contributed by atoms with E-state index in [0.29, 0.717) is 0 Å². The van der Waals surface area contributed by atoms with Crippen molar-refractivity contribution in [3.63, 3.8) is 0 Å². The van der Waals surface area contributed by atoms with E-state index in [-0.39, 0.29) is 10.9 Å². The molecule has 72 valence electrons. The van der Waals surface area contributed by atoms with Crippen LogP contribution in [0.1, 0.15) is 25.7 Å². The summed E-state index contributed by atoms with van der Waals surface area (Å²) < 4.78 is 26.5. The molecule has 5 heteroatoms. The van der Waals surface area contributed by atoms with Gasteiger partial charge in [-0.1, -0.05) is 28.8 Å². The molecule has 12 heavy (non-hydrogen) atoms. The summed E-state index contributed by atoms with van der Waals surface area (Å²) in [6.45, 7) is 0. The van der Waals surface area contributed by atoms with Crippen LogP contribution in [0.4, 0.5) is 0 Å². The van der Waals surface area contributed by atoms with E-state index >= 15 is 0 Å². The molecule has 0 bridgehead atoms. The number of alkyl halides is 1. The van der Waals surface area contributed by atoms with Gasteiger partial charge in [-0.15, -0.1) is 0 Å². The van der Waals surface area contributed by atoms with Crippen molar-refractivity contribution in [1.29, 1.82) is 0 Å². The van der Waals surface area contributed by atoms with E-state index in [0.717, 1.165) is 31.9 Å². The van der Waals surface area contributed by atoms with Crippen LogP contribution >= 0.6 is 15.9 Å². The maximum atomic E-state index is 10.8. The largest absolute Gasteiger partial charge is 0.266 e. The smallest absolute Gasteiger partial charge is 0.264 e. The summed E-state index contributed by atoms with van der Waals surface area (Å²) >= 11 is 3.42. The van der Waals surface area contributed by atoms with Gasteiger partial charge < -0.3 is 0 Å². The van der Waals surface area contributed by atoms with Crippen molar-refractivity contribution in [3.05, 3.63) is 0 Å². The van der Waals surface area contributed by atoms with Crippen LogP contribution in [-0.4, -0.2) is 25.6 Å². The Labute approximate surface area is 81.7 Å². The monoisotopic (exact) mass is 256 g/mol. The summed E-state index contributed by atoms with van der Waals surface area (Å²) in [5.41, 5.74) is 0. The molecular weight excluding hydrogens is 244 g/mol. The van der Waals surface area contributed by atoms with Gasteiger partial charge in [0.15, 0.2) is 0 Å². The van der Waals surface area contributed by atoms with E-state index in [9.17, 15) is 8.42 Å². The molecule has 0 heterocycles. The lowest BCUT2D eigenvalue weighted by atomic mass is 9.98. The molecule has 2 atom stereocenters. The Balaban J connectivity index is 2.50. The second-order valence-corrected chi connectivity index (χ2v) is 5.92. The van der Waals surface area contributed by atoms with Gasteiger partial charge in [-0.2, -0.15) is 8.42 Å². The highest BCUT2D eigenvalue weighted by molar-refractivity contribution is 9.09. The Morgan fingerprint density at radius 3 is 2.42 bits per heavy atom. The van der Waals surface area contributed by atoms with E-state index in [4.69, 9.17) is 4.18 Å². The molecule has 1 aliphatic rings. The second-order valence-electron chi connectivity index (χ2n) is 3.14. The zero-order valence-corrected chi connectivity index (χ0v) is 9.40. The van der Waals surface area contributed by atoms with Gasteiger partial charge in [0, 0.05) is 4.83 Å². The van der Waals surface area contributed by atoms with Gasteiger partial charge in [0.1, 0.15) is 0 Å². The Bertz CT molecular complexity index is 237. The van der Waals surface area contributed by atoms with Gasteiger partial charge in [-0.05, 0) is 12.8 Å². The molecule has 0 aliphatic heterocycles. The molecule has 1 saturated carbocycles. The van der Waals surface area contributed by atoms with E-state index < -0.39 is 10.1 Å². The van der Waals surface area contributed by atoms with E-state index in [1.807, 2.05) is 0 Å². The maximum Gasteiger partial charge on any atom is 0.264 e. The molecule has 1 rings (SSSR count). The Morgan fingerprint density at radius 2 is 1.92 bits per heavy atom. The molecule has 1 aliphatic carbocycles. The number of rotatable bonds is 2. The SMILES string of the molecule is CS(=O)(=O)O[C@H]1CCCC[C@@H]1Br. The normalized spacial score (nSPS) is 31.8. The number of hydrogen-bond acceptors (Lipinski definition) is 3. The van der Waals surface area contributed by atoms with E-state index in [1.54, 1.807) is 0 Å². The number of hydrogen-bond donors (Lipinski definition) is 0. The van der Waals surface area contributed by atoms with Crippen molar-refractivity contribution in [2.24, 2.45) is 0 Å². The van der Waals surface area contributed by atoms with Crippen molar-refractivity contribution in [2.75, 3.05) is 6.26 Å². The van der Waals surface area contributed by atoms with Crippen LogP contribution in [0, 0.1) is 0 Å². The molecule has 0 N–H and O–H groups in total. The first-order chi connectivity index (χ1) is 5.49. The summed E-state index contributed by atoms with van der Waals surface area (Å²) in [5, 5.41) is 0. The zero-order valence-electron chi connectivity index (χ0n) is 6.99. The topological polar surface area (TPSA) is 43.4 Å². The average Bonchev–Trinajstić information content (AvgIpc) is 1.91. The third-order valence-corrected chi connectivity index (χ3v) is 3.56. The molecule has 1 fully saturated rings. The second kappa shape index (κ2) is 4.07. The highest BCUT2D eigenvalue weighted by atomic mass is 79.9. The van der Waals surface area contributed by atoms with Crippen LogP contribution in [0.25, 0.3) is 0 Å². The van der Waals surface area contributed by atoms with Crippen LogP contribution < -0.4 is 0 Å². The van der Waals surface area contributed by atoms with Crippen LogP contribution in [0.15, 0.2) is 0 Å². The summed E-state index contributed by atoms with van der Waals surface area (Å²) in [6, 6.07) is 0. The molecular formula is C7H13BrO3S. The predicted octanol–water partition coefficient (Wildman–Crippen LogP) is 1.67. The Kier molecular flexibility index (Phi) is 3.55. The zero-order chi connectivity index (χ0) is 9.19. The van der Waals surface area contributed by atoms with Crippen LogP contribution in [0.5, 0.6) is 0 Å². The highest BCUT2D eigenvalue weighted by Gasteiger charge is 2.26. The minimum absolute atomic E-state index is 0.159. The van der Waals surface area contributed by atoms with Crippen molar-refractivity contribution in [2.45, 2.75) is 36.6 Å². The highest BCUT2D eigenvalue weighted by Crippen LogP contribution is 2.27. The maximum absolute atomic E-state index is 10.8. The third kappa shape index (κ3) is 3.41. The van der Waals surface area contributed by atoms with Crippen LogP contribution in [0.3, 0.4) is 0 Å². The van der Waals surface area contributed by atoms with Gasteiger partial charge in [-0.3, -0.25) is 4.18 Å². The van der Waals surface area contributed by atoms with Gasteiger partial charge in [0.2, 0.25) is 0 Å². The fourth-order valence-electron chi connectivity index (χ4n) is 1.38. The van der Waals surface area contributed by atoms with Crippen LogP contribution in [0.2, 0.25) is 0 Å². The Morgan fingerprint density at radius 1 is 1.33 bits per heavy atom. The molecule has 0 aromatic carbocycles. The fraction of sp³-hybridized carbons (Fsp3) is 1.00. The van der Waals surface area contributed by atoms with Crippen molar-refractivity contribution >= 4 is 26.0 Å². The summed E-state index contributed by atoms with van der Waals surface area (Å²) in [6.07, 6.45) is 4.99. The third-order valence-electron chi connectivity index (χ3n) is 1.92. The number of halogens is 1. The quantitative estimate of drug-likeness (QED) is 0.558. The summed E-state index contributed by atoms with van der Waals surface area (Å²) in [4.78, 5) is 0.195. The summed E-state index contributed by atoms with van der Waals surface area (Å²) in [7, 11) is -3.29. The van der Waals surface area contributed by atoms with E-state index in [1.165, 1.54) is 0 Å². The minimum Gasteiger partial charge on any atom is -0.266 e. The first-order valence-electron chi connectivity index (χ1n) is 4.01. The van der Waals surface area contributed by atoms with Gasteiger partial charge in [0.05, 0.1) is 12.4 Å². The van der Waals surface area contributed by atoms with Crippen molar-refractivity contribution in [3.8, 4) is 0 Å². The van der Waals surface area contributed by atoms with E-state index in [2.05, 4.69) is 15.9 Å². The molecule has 0 aromatic heterocycles. The molecule has 0 aromatic rings. The lowest BCUT2D eigenvalue weighted by Crippen LogP contribution is -2.29. The molecule has 3 nitrogen and oxygen atoms in total. The standard InChI is InChI=1S/C7H13BrO3S/c1-12(9,10)11-7-5-3-2-4-6(7)8/h6-7H,2-5H2,1H3/t6-,7-/m0/s1. The molecule has 0 unspecified atom stereocenters. The van der Waals surface area contributed by atoms with Gasteiger partial charge in [-0.25, -0.2) is 0 Å². The lowest BCUT2D eigenvalue weighted by molar-refractivity contribution is 0.173. The van der Waals surface area contributed by atoms with Gasteiger partial charge >= 0.3 is 0 Å². The summed E-state index contributed by atoms with van der Waals surface area (Å²) in [5.74, 6) is 0. The fourth-order valence-corrected chi connectivity index (χ4v) is 2.90. The van der Waals surface area contributed by atoms with Crippen LogP contribution in [-0.2, 0) is 14.3 Å². The molecule has 0 saturated heterocycles. The Hall–Kier alpha value is 0.390.